The molecule has 1 aromatic heterocycles. The molecular formula is C11H8BrFN2O3. The minimum Gasteiger partial charge on any atom is -0.493 e. The number of aromatic nitrogens is 2. The van der Waals surface area contributed by atoms with Crippen LogP contribution in [0.2, 0.25) is 0 Å². The second-order valence-electron chi connectivity index (χ2n) is 3.39. The third-order valence-corrected chi connectivity index (χ3v) is 3.11. The number of carboxylic acid groups (broad SMARTS) is 1. The van der Waals surface area contributed by atoms with E-state index in [2.05, 4.69) is 21.0 Å². The van der Waals surface area contributed by atoms with Gasteiger partial charge in [0, 0.05) is 0 Å². The smallest absolute Gasteiger partial charge is 0.336 e. The largest absolute Gasteiger partial charge is 0.493 e. The van der Waals surface area contributed by atoms with Crippen molar-refractivity contribution in [1.82, 2.24) is 9.78 Å². The van der Waals surface area contributed by atoms with Gasteiger partial charge in [-0.05, 0) is 28.1 Å². The summed E-state index contributed by atoms with van der Waals surface area (Å²) in [6.07, 6.45) is 2.92. The van der Waals surface area contributed by atoms with Gasteiger partial charge in [-0.15, -0.1) is 0 Å². The summed E-state index contributed by atoms with van der Waals surface area (Å²) in [5, 5.41) is 12.8. The van der Waals surface area contributed by atoms with E-state index in [1.165, 1.54) is 36.3 Å². The average molecular weight is 315 g/mol. The zero-order chi connectivity index (χ0) is 13.3. The molecule has 5 nitrogen and oxygen atoms in total. The molecule has 0 bridgehead atoms. The first-order chi connectivity index (χ1) is 8.54. The van der Waals surface area contributed by atoms with Gasteiger partial charge < -0.3 is 9.84 Å². The maximum Gasteiger partial charge on any atom is 0.336 e. The predicted octanol–water partition coefficient (Wildman–Crippen LogP) is 2.48. The Hall–Kier alpha value is -1.89. The van der Waals surface area contributed by atoms with Crippen LogP contribution in [0.3, 0.4) is 0 Å². The number of nitrogens with zero attached hydrogens (tertiary/aromatic N) is 2. The Morgan fingerprint density at radius 1 is 1.56 bits per heavy atom. The van der Waals surface area contributed by atoms with E-state index in [0.29, 0.717) is 5.75 Å². The molecular weight excluding hydrogens is 307 g/mol. The number of ether oxygens (including phenoxy) is 1. The number of methoxy groups -OCH3 is 1. The highest BCUT2D eigenvalue weighted by atomic mass is 79.9. The molecule has 0 radical (unpaired) electrons. The Balaban J connectivity index is 2.53. The van der Waals surface area contributed by atoms with Crippen molar-refractivity contribution < 1.29 is 19.0 Å². The van der Waals surface area contributed by atoms with Gasteiger partial charge in [0.25, 0.3) is 0 Å². The third-order valence-electron chi connectivity index (χ3n) is 2.33. The van der Waals surface area contributed by atoms with E-state index in [1.54, 1.807) is 0 Å². The lowest BCUT2D eigenvalue weighted by molar-refractivity contribution is 0.0695. The first kappa shape index (κ1) is 12.6. The molecule has 1 aromatic carbocycles. The first-order valence-corrected chi connectivity index (χ1v) is 5.64. The molecule has 0 aliphatic carbocycles. The molecule has 2 rings (SSSR count). The van der Waals surface area contributed by atoms with Gasteiger partial charge in [-0.25, -0.2) is 13.9 Å². The Labute approximate surface area is 110 Å². The fourth-order valence-electron chi connectivity index (χ4n) is 1.42. The lowest BCUT2D eigenvalue weighted by Crippen LogP contribution is -2.04. The van der Waals surface area contributed by atoms with Crippen LogP contribution >= 0.6 is 15.9 Å². The number of carboxylic acids is 1. The van der Waals surface area contributed by atoms with Gasteiger partial charge in [0.05, 0.1) is 29.5 Å². The number of benzene rings is 1. The van der Waals surface area contributed by atoms with Crippen molar-refractivity contribution in [3.63, 3.8) is 0 Å². The molecule has 0 fully saturated rings. The molecule has 1 N–H and O–H groups in total. The second-order valence-corrected chi connectivity index (χ2v) is 4.18. The molecule has 7 heteroatoms. The van der Waals surface area contributed by atoms with Crippen LogP contribution in [0.1, 0.15) is 10.4 Å². The van der Waals surface area contributed by atoms with Crippen LogP contribution in [0.25, 0.3) is 5.69 Å². The summed E-state index contributed by atoms with van der Waals surface area (Å²) in [4.78, 5) is 10.8. The van der Waals surface area contributed by atoms with Crippen molar-refractivity contribution in [3.05, 3.63) is 40.4 Å². The van der Waals surface area contributed by atoms with Gasteiger partial charge in [-0.1, -0.05) is 0 Å². The van der Waals surface area contributed by atoms with Crippen molar-refractivity contribution >= 4 is 21.9 Å². The second kappa shape index (κ2) is 4.77. The van der Waals surface area contributed by atoms with Crippen molar-refractivity contribution in [2.75, 3.05) is 7.11 Å². The molecule has 1 heterocycles. The molecule has 2 aromatic rings. The van der Waals surface area contributed by atoms with Crippen LogP contribution in [0.4, 0.5) is 4.39 Å². The maximum atomic E-state index is 14.0. The van der Waals surface area contributed by atoms with Crippen LogP contribution in [0.15, 0.2) is 29.0 Å². The van der Waals surface area contributed by atoms with Crippen LogP contribution in [0.5, 0.6) is 5.75 Å². The van der Waals surface area contributed by atoms with Gasteiger partial charge in [-0.2, -0.15) is 5.10 Å². The number of carbonyl (C=O) groups is 1. The summed E-state index contributed by atoms with van der Waals surface area (Å²) < 4.78 is 20.1. The van der Waals surface area contributed by atoms with E-state index in [4.69, 9.17) is 9.84 Å². The van der Waals surface area contributed by atoms with Crippen molar-refractivity contribution in [1.29, 1.82) is 0 Å². The monoisotopic (exact) mass is 314 g/mol. The molecule has 0 aliphatic rings. The molecule has 0 unspecified atom stereocenters. The number of hydrogen-bond acceptors (Lipinski definition) is 3. The summed E-state index contributed by atoms with van der Waals surface area (Å²) in [5.74, 6) is -1.42. The lowest BCUT2D eigenvalue weighted by Gasteiger charge is -2.06. The highest BCUT2D eigenvalue weighted by molar-refractivity contribution is 9.10. The Morgan fingerprint density at radius 2 is 2.28 bits per heavy atom. The zero-order valence-corrected chi connectivity index (χ0v) is 10.8. The normalized spacial score (nSPS) is 10.4. The average Bonchev–Trinajstić information content (AvgIpc) is 2.80. The summed E-state index contributed by atoms with van der Waals surface area (Å²) in [5.41, 5.74) is -0.00875. The van der Waals surface area contributed by atoms with E-state index < -0.39 is 11.8 Å². The summed E-state index contributed by atoms with van der Waals surface area (Å²) >= 11 is 2.92. The molecule has 0 amide bonds. The Kier molecular flexibility index (Phi) is 3.33. The van der Waals surface area contributed by atoms with Gasteiger partial charge in [0.2, 0.25) is 0 Å². The Morgan fingerprint density at radius 3 is 2.83 bits per heavy atom. The zero-order valence-electron chi connectivity index (χ0n) is 9.22. The van der Waals surface area contributed by atoms with Crippen LogP contribution in [-0.2, 0) is 0 Å². The van der Waals surface area contributed by atoms with Gasteiger partial charge in [0.15, 0.2) is 11.6 Å². The van der Waals surface area contributed by atoms with E-state index in [1.807, 2.05) is 0 Å². The number of hydrogen-bond donors (Lipinski definition) is 1. The summed E-state index contributed by atoms with van der Waals surface area (Å²) in [6.45, 7) is 0. The van der Waals surface area contributed by atoms with E-state index in [9.17, 15) is 9.18 Å². The molecule has 0 spiro atoms. The SMILES string of the molecule is COc1cnn(-c2ccc(C(=O)O)c(Br)c2F)c1. The highest BCUT2D eigenvalue weighted by Crippen LogP contribution is 2.26. The predicted molar refractivity (Wildman–Crippen MR) is 64.7 cm³/mol. The summed E-state index contributed by atoms with van der Waals surface area (Å²) in [6, 6.07) is 2.65. The Bertz CT molecular complexity index is 612. The highest BCUT2D eigenvalue weighted by Gasteiger charge is 2.17. The number of halogens is 2. The van der Waals surface area contributed by atoms with Crippen LogP contribution < -0.4 is 4.74 Å². The summed E-state index contributed by atoms with van der Waals surface area (Å²) in [7, 11) is 1.47. The fraction of sp³-hybridized carbons (Fsp3) is 0.0909. The quantitative estimate of drug-likeness (QED) is 0.945. The van der Waals surface area contributed by atoms with Crippen molar-refractivity contribution in [2.24, 2.45) is 0 Å². The van der Waals surface area contributed by atoms with Crippen LogP contribution in [0, 0.1) is 5.82 Å². The van der Waals surface area contributed by atoms with Crippen molar-refractivity contribution in [2.45, 2.75) is 0 Å². The fourth-order valence-corrected chi connectivity index (χ4v) is 1.93. The molecule has 0 atom stereocenters. The topological polar surface area (TPSA) is 64.4 Å². The minimum atomic E-state index is -1.20. The van der Waals surface area contributed by atoms with E-state index >= 15 is 0 Å². The van der Waals surface area contributed by atoms with Gasteiger partial charge >= 0.3 is 5.97 Å². The first-order valence-electron chi connectivity index (χ1n) is 4.85. The number of aromatic carboxylic acids is 1. The van der Waals surface area contributed by atoms with Crippen molar-refractivity contribution in [3.8, 4) is 11.4 Å². The molecule has 0 saturated heterocycles. The van der Waals surface area contributed by atoms with Gasteiger partial charge in [0.1, 0.15) is 5.69 Å². The minimum absolute atomic E-state index is 0.109. The maximum absolute atomic E-state index is 14.0. The van der Waals surface area contributed by atoms with Gasteiger partial charge in [-0.3, -0.25) is 0 Å². The van der Waals surface area contributed by atoms with E-state index in [0.717, 1.165) is 0 Å². The lowest BCUT2D eigenvalue weighted by atomic mass is 10.2. The molecule has 0 aliphatic heterocycles. The molecule has 0 saturated carbocycles. The standard InChI is InChI=1S/C11H8BrFN2O3/c1-18-6-4-14-15(5-6)8-3-2-7(11(16)17)9(12)10(8)13/h2-5H,1H3,(H,16,17). The molecule has 94 valence electrons. The van der Waals surface area contributed by atoms with E-state index in [-0.39, 0.29) is 15.7 Å². The van der Waals surface area contributed by atoms with Crippen LogP contribution in [-0.4, -0.2) is 28.0 Å². The molecule has 18 heavy (non-hydrogen) atoms. The third kappa shape index (κ3) is 2.08. The number of rotatable bonds is 3.